The van der Waals surface area contributed by atoms with Gasteiger partial charge < -0.3 is 0 Å². The number of rotatable bonds is 0. The largest absolute Gasteiger partial charge is 0.0616 e. The molecule has 0 aliphatic carbocycles. The van der Waals surface area contributed by atoms with E-state index in [2.05, 4.69) is 97.1 Å². The Hall–Kier alpha value is -4.16. The number of hydrogen-bond donors (Lipinski definition) is 0. The molecule has 9 aromatic rings. The van der Waals surface area contributed by atoms with Crippen molar-refractivity contribution in [2.75, 3.05) is 0 Å². The minimum atomic E-state index is 1.31. The van der Waals surface area contributed by atoms with Crippen molar-refractivity contribution in [2.45, 2.75) is 0 Å². The number of hydrogen-bond acceptors (Lipinski definition) is 0. The smallest absolute Gasteiger partial charge is 0.000741 e. The van der Waals surface area contributed by atoms with Gasteiger partial charge in [-0.1, -0.05) is 78.9 Å². The van der Waals surface area contributed by atoms with Gasteiger partial charge in [0, 0.05) is 0 Å². The van der Waals surface area contributed by atoms with Crippen LogP contribution >= 0.6 is 0 Å². The highest BCUT2D eigenvalue weighted by Crippen LogP contribution is 2.50. The van der Waals surface area contributed by atoms with Gasteiger partial charge in [0.05, 0.1) is 0 Å². The van der Waals surface area contributed by atoms with Crippen LogP contribution in [0.5, 0.6) is 0 Å². The third-order valence-corrected chi connectivity index (χ3v) is 7.82. The van der Waals surface area contributed by atoms with Crippen LogP contribution < -0.4 is 0 Å². The molecule has 0 bridgehead atoms. The van der Waals surface area contributed by atoms with Gasteiger partial charge >= 0.3 is 0 Å². The summed E-state index contributed by atoms with van der Waals surface area (Å²) in [6, 6.07) is 36.7. The van der Waals surface area contributed by atoms with Crippen LogP contribution in [0.1, 0.15) is 0 Å². The quantitative estimate of drug-likeness (QED) is 0.176. The minimum Gasteiger partial charge on any atom is -0.0616 e. The van der Waals surface area contributed by atoms with Crippen molar-refractivity contribution in [1.82, 2.24) is 0 Å². The van der Waals surface area contributed by atoms with Crippen molar-refractivity contribution in [3.63, 3.8) is 0 Å². The van der Waals surface area contributed by atoms with Crippen LogP contribution in [0, 0.1) is 0 Å². The Bertz CT molecular complexity index is 2180. The van der Waals surface area contributed by atoms with Crippen molar-refractivity contribution in [2.24, 2.45) is 0 Å². The summed E-state index contributed by atoms with van der Waals surface area (Å²) in [6.07, 6.45) is 0. The average molecular weight is 400 g/mol. The van der Waals surface area contributed by atoms with E-state index in [1.54, 1.807) is 0 Å². The monoisotopic (exact) mass is 400 g/mol. The molecule has 9 aromatic carbocycles. The van der Waals surface area contributed by atoms with E-state index in [0.29, 0.717) is 0 Å². The first kappa shape index (κ1) is 15.6. The van der Waals surface area contributed by atoms with E-state index in [1.165, 1.54) is 86.2 Å². The summed E-state index contributed by atoms with van der Waals surface area (Å²) in [6.45, 7) is 0. The fraction of sp³-hybridized carbons (Fsp3) is 0. The summed E-state index contributed by atoms with van der Waals surface area (Å²) in [5.41, 5.74) is 0. The molecule has 0 heteroatoms. The Labute approximate surface area is 183 Å². The minimum absolute atomic E-state index is 1.31. The van der Waals surface area contributed by atoms with Crippen molar-refractivity contribution >= 4 is 86.2 Å². The van der Waals surface area contributed by atoms with E-state index in [9.17, 15) is 0 Å². The first-order valence-electron chi connectivity index (χ1n) is 11.3. The molecule has 0 aromatic heterocycles. The molecule has 0 saturated heterocycles. The second kappa shape index (κ2) is 5.00. The number of fused-ring (bicyclic) bond motifs is 3. The molecule has 0 N–H and O–H groups in total. The summed E-state index contributed by atoms with van der Waals surface area (Å²) in [4.78, 5) is 0. The van der Waals surface area contributed by atoms with Crippen molar-refractivity contribution in [3.05, 3.63) is 97.1 Å². The molecule has 32 heavy (non-hydrogen) atoms. The Kier molecular flexibility index (Phi) is 2.44. The molecule has 0 unspecified atom stereocenters. The molecule has 9 rings (SSSR count). The van der Waals surface area contributed by atoms with Gasteiger partial charge in [-0.05, 0) is 104 Å². The average Bonchev–Trinajstić information content (AvgIpc) is 2.85. The zero-order chi connectivity index (χ0) is 20.6. The normalized spacial score (nSPS) is 13.0. The molecule has 0 aliphatic heterocycles. The molecule has 0 radical (unpaired) electrons. The zero-order valence-corrected chi connectivity index (χ0v) is 17.2. The predicted molar refractivity (Wildman–Crippen MR) is 140 cm³/mol. The molecule has 0 saturated carbocycles. The lowest BCUT2D eigenvalue weighted by Crippen LogP contribution is -1.93. The predicted octanol–water partition coefficient (Wildman–Crippen LogP) is 9.23. The van der Waals surface area contributed by atoms with Crippen LogP contribution in [-0.2, 0) is 0 Å². The SMILES string of the molecule is c1ccc2c(c1)cc1c3cc4cccc5ccc6cc7ccc8ccc2c1c8c7c3c6c54. The Morgan fingerprint density at radius 1 is 0.250 bits per heavy atom. The second-order valence-corrected chi connectivity index (χ2v) is 9.31. The fourth-order valence-electron chi connectivity index (χ4n) is 6.57. The fourth-order valence-corrected chi connectivity index (χ4v) is 6.57. The maximum Gasteiger partial charge on any atom is -0.000741 e. The maximum atomic E-state index is 2.45. The molecule has 0 heterocycles. The van der Waals surface area contributed by atoms with Gasteiger partial charge in [-0.15, -0.1) is 0 Å². The maximum absolute atomic E-state index is 2.45. The van der Waals surface area contributed by atoms with E-state index in [4.69, 9.17) is 0 Å². The highest BCUT2D eigenvalue weighted by Gasteiger charge is 2.21. The van der Waals surface area contributed by atoms with Gasteiger partial charge in [0.2, 0.25) is 0 Å². The standard InChI is InChI=1S/C32H16/c1-2-7-23-19(4-1)15-25-26-16-20-6-3-5-17-8-10-21-14-22-11-9-18-12-13-24(23)31(25)28(18)30(22)32(26)29(21)27(17)20/h1-16H. The van der Waals surface area contributed by atoms with Crippen LogP contribution in [-0.4, -0.2) is 0 Å². The molecular weight excluding hydrogens is 384 g/mol. The van der Waals surface area contributed by atoms with Crippen LogP contribution in [0.15, 0.2) is 97.1 Å². The molecule has 0 amide bonds. The van der Waals surface area contributed by atoms with Crippen LogP contribution in [0.3, 0.4) is 0 Å². The van der Waals surface area contributed by atoms with Gasteiger partial charge in [-0.2, -0.15) is 0 Å². The van der Waals surface area contributed by atoms with Crippen LogP contribution in [0.25, 0.3) is 86.2 Å². The van der Waals surface area contributed by atoms with E-state index in [1.807, 2.05) is 0 Å². The third-order valence-electron chi connectivity index (χ3n) is 7.82. The Morgan fingerprint density at radius 3 is 1.72 bits per heavy atom. The topological polar surface area (TPSA) is 0 Å². The molecule has 0 nitrogen and oxygen atoms in total. The molecule has 0 atom stereocenters. The van der Waals surface area contributed by atoms with E-state index in [0.717, 1.165) is 0 Å². The van der Waals surface area contributed by atoms with Gasteiger partial charge in [0.25, 0.3) is 0 Å². The van der Waals surface area contributed by atoms with Gasteiger partial charge in [-0.25, -0.2) is 0 Å². The van der Waals surface area contributed by atoms with Crippen LogP contribution in [0.4, 0.5) is 0 Å². The summed E-state index contributed by atoms with van der Waals surface area (Å²) >= 11 is 0. The lowest BCUT2D eigenvalue weighted by molar-refractivity contribution is 1.80. The molecule has 0 fully saturated rings. The third kappa shape index (κ3) is 1.60. The van der Waals surface area contributed by atoms with Gasteiger partial charge in [-0.3, -0.25) is 0 Å². The van der Waals surface area contributed by atoms with Crippen molar-refractivity contribution < 1.29 is 0 Å². The highest BCUT2D eigenvalue weighted by molar-refractivity contribution is 6.46. The van der Waals surface area contributed by atoms with Gasteiger partial charge in [0.1, 0.15) is 0 Å². The first-order valence-corrected chi connectivity index (χ1v) is 11.3. The summed E-state index contributed by atoms with van der Waals surface area (Å²) < 4.78 is 0. The Balaban J connectivity index is 1.78. The van der Waals surface area contributed by atoms with Crippen molar-refractivity contribution in [1.29, 1.82) is 0 Å². The van der Waals surface area contributed by atoms with Crippen molar-refractivity contribution in [3.8, 4) is 0 Å². The lowest BCUT2D eigenvalue weighted by Gasteiger charge is -2.21. The first-order chi connectivity index (χ1) is 15.9. The molecular formula is C32H16. The van der Waals surface area contributed by atoms with E-state index < -0.39 is 0 Å². The number of benzene rings is 9. The highest BCUT2D eigenvalue weighted by atomic mass is 14.2. The summed E-state index contributed by atoms with van der Waals surface area (Å²) in [7, 11) is 0. The summed E-state index contributed by atoms with van der Waals surface area (Å²) in [5.74, 6) is 0. The van der Waals surface area contributed by atoms with Crippen LogP contribution in [0.2, 0.25) is 0 Å². The summed E-state index contributed by atoms with van der Waals surface area (Å²) in [5, 5.41) is 22.0. The van der Waals surface area contributed by atoms with E-state index in [-0.39, 0.29) is 0 Å². The van der Waals surface area contributed by atoms with Gasteiger partial charge in [0.15, 0.2) is 0 Å². The lowest BCUT2D eigenvalue weighted by atomic mass is 9.81. The zero-order valence-electron chi connectivity index (χ0n) is 17.2. The molecule has 0 aliphatic rings. The second-order valence-electron chi connectivity index (χ2n) is 9.31. The molecule has 0 spiro atoms. The molecule has 144 valence electrons. The Morgan fingerprint density at radius 2 is 0.812 bits per heavy atom. The van der Waals surface area contributed by atoms with E-state index >= 15 is 0 Å².